The number of nitrogens with zero attached hydrogens (tertiary/aromatic N) is 1. The van der Waals surface area contributed by atoms with E-state index in [1.807, 2.05) is 0 Å². The lowest BCUT2D eigenvalue weighted by atomic mass is 9.86. The topological polar surface area (TPSA) is 15.3 Å². The van der Waals surface area contributed by atoms with Gasteiger partial charge < -0.3 is 10.2 Å². The molecule has 0 fully saturated rings. The molecule has 0 aromatic heterocycles. The Morgan fingerprint density at radius 1 is 1.20 bits per heavy atom. The highest BCUT2D eigenvalue weighted by Gasteiger charge is 2.23. The van der Waals surface area contributed by atoms with Crippen LogP contribution in [-0.2, 0) is 6.54 Å². The average molecular weight is 276 g/mol. The molecule has 0 aliphatic carbocycles. The van der Waals surface area contributed by atoms with Crippen molar-refractivity contribution in [3.63, 3.8) is 0 Å². The highest BCUT2D eigenvalue weighted by atomic mass is 15.1. The second kappa shape index (κ2) is 8.43. The Labute approximate surface area is 125 Å². The number of hydrogen-bond donors (Lipinski definition) is 1. The smallest absolute Gasteiger partial charge is 0.0233 e. The highest BCUT2D eigenvalue weighted by Crippen LogP contribution is 2.22. The van der Waals surface area contributed by atoms with E-state index in [4.69, 9.17) is 0 Å². The maximum Gasteiger partial charge on any atom is 0.0233 e. The molecule has 0 saturated carbocycles. The minimum absolute atomic E-state index is 0.354. The fourth-order valence-electron chi connectivity index (χ4n) is 2.65. The number of aryl methyl sites for hydroxylation is 1. The quantitative estimate of drug-likeness (QED) is 0.689. The number of benzene rings is 1. The standard InChI is InChI=1S/C18H32N2/c1-6-12-19-14-18(4,7-2)15-20(5)13-17-11-9-8-10-16(17)3/h8-11,19H,6-7,12-15H2,1-5H3. The Hall–Kier alpha value is -0.860. The van der Waals surface area contributed by atoms with Crippen molar-refractivity contribution < 1.29 is 0 Å². The molecule has 1 aromatic carbocycles. The van der Waals surface area contributed by atoms with Crippen LogP contribution in [0, 0.1) is 12.3 Å². The van der Waals surface area contributed by atoms with Gasteiger partial charge in [0.05, 0.1) is 0 Å². The van der Waals surface area contributed by atoms with Crippen LogP contribution in [0.25, 0.3) is 0 Å². The number of nitrogens with one attached hydrogen (secondary N) is 1. The van der Waals surface area contributed by atoms with Gasteiger partial charge in [-0.05, 0) is 49.9 Å². The molecule has 20 heavy (non-hydrogen) atoms. The van der Waals surface area contributed by atoms with E-state index in [0.717, 1.165) is 26.2 Å². The zero-order valence-electron chi connectivity index (χ0n) is 14.0. The van der Waals surface area contributed by atoms with Crippen LogP contribution in [0.3, 0.4) is 0 Å². The van der Waals surface area contributed by atoms with Gasteiger partial charge in [0, 0.05) is 19.6 Å². The minimum atomic E-state index is 0.354. The van der Waals surface area contributed by atoms with Crippen LogP contribution in [0.2, 0.25) is 0 Å². The molecule has 0 aliphatic heterocycles. The summed E-state index contributed by atoms with van der Waals surface area (Å²) in [6, 6.07) is 8.69. The van der Waals surface area contributed by atoms with Gasteiger partial charge in [-0.15, -0.1) is 0 Å². The van der Waals surface area contributed by atoms with Crippen LogP contribution < -0.4 is 5.32 Å². The van der Waals surface area contributed by atoms with Crippen molar-refractivity contribution in [1.82, 2.24) is 10.2 Å². The van der Waals surface area contributed by atoms with Gasteiger partial charge in [0.2, 0.25) is 0 Å². The van der Waals surface area contributed by atoms with Crippen molar-refractivity contribution in [3.05, 3.63) is 35.4 Å². The van der Waals surface area contributed by atoms with Crippen LogP contribution in [0.5, 0.6) is 0 Å². The van der Waals surface area contributed by atoms with Gasteiger partial charge in [-0.1, -0.05) is 45.0 Å². The lowest BCUT2D eigenvalue weighted by Crippen LogP contribution is -2.40. The van der Waals surface area contributed by atoms with Crippen molar-refractivity contribution in [2.24, 2.45) is 5.41 Å². The predicted molar refractivity (Wildman–Crippen MR) is 89.1 cm³/mol. The monoisotopic (exact) mass is 276 g/mol. The molecule has 1 N–H and O–H groups in total. The minimum Gasteiger partial charge on any atom is -0.316 e. The summed E-state index contributed by atoms with van der Waals surface area (Å²) in [4.78, 5) is 2.46. The lowest BCUT2D eigenvalue weighted by Gasteiger charge is -2.33. The Bertz CT molecular complexity index is 389. The summed E-state index contributed by atoms with van der Waals surface area (Å²) in [5.74, 6) is 0. The number of rotatable bonds is 9. The predicted octanol–water partition coefficient (Wildman–Crippen LogP) is 3.84. The first-order chi connectivity index (χ1) is 9.50. The van der Waals surface area contributed by atoms with E-state index in [-0.39, 0.29) is 0 Å². The molecule has 0 bridgehead atoms. The highest BCUT2D eigenvalue weighted by molar-refractivity contribution is 5.25. The molecular weight excluding hydrogens is 244 g/mol. The molecule has 2 nitrogen and oxygen atoms in total. The van der Waals surface area contributed by atoms with E-state index < -0.39 is 0 Å². The largest absolute Gasteiger partial charge is 0.316 e. The zero-order chi connectivity index (χ0) is 15.0. The Kier molecular flexibility index (Phi) is 7.25. The van der Waals surface area contributed by atoms with Crippen LogP contribution in [0.1, 0.15) is 44.7 Å². The first-order valence-electron chi connectivity index (χ1n) is 7.94. The second-order valence-electron chi connectivity index (χ2n) is 6.44. The SMILES string of the molecule is CCCNCC(C)(CC)CN(C)Cc1ccccc1C. The summed E-state index contributed by atoms with van der Waals surface area (Å²) >= 11 is 0. The van der Waals surface area contributed by atoms with E-state index in [1.54, 1.807) is 0 Å². The van der Waals surface area contributed by atoms with Gasteiger partial charge in [-0.2, -0.15) is 0 Å². The van der Waals surface area contributed by atoms with E-state index in [9.17, 15) is 0 Å². The molecule has 0 radical (unpaired) electrons. The van der Waals surface area contributed by atoms with E-state index in [1.165, 1.54) is 24.0 Å². The molecule has 1 atom stereocenters. The molecule has 0 heterocycles. The Morgan fingerprint density at radius 2 is 1.90 bits per heavy atom. The van der Waals surface area contributed by atoms with E-state index in [2.05, 4.69) is 69.2 Å². The van der Waals surface area contributed by atoms with Gasteiger partial charge in [-0.3, -0.25) is 0 Å². The third-order valence-corrected chi connectivity index (χ3v) is 4.19. The van der Waals surface area contributed by atoms with Crippen molar-refractivity contribution in [2.45, 2.75) is 47.1 Å². The average Bonchev–Trinajstić information content (AvgIpc) is 2.41. The molecule has 0 spiro atoms. The molecule has 1 rings (SSSR count). The van der Waals surface area contributed by atoms with Gasteiger partial charge in [0.1, 0.15) is 0 Å². The van der Waals surface area contributed by atoms with Gasteiger partial charge >= 0.3 is 0 Å². The maximum absolute atomic E-state index is 3.58. The fraction of sp³-hybridized carbons (Fsp3) is 0.667. The molecule has 0 amide bonds. The Morgan fingerprint density at radius 3 is 2.50 bits per heavy atom. The lowest BCUT2D eigenvalue weighted by molar-refractivity contribution is 0.175. The van der Waals surface area contributed by atoms with Crippen LogP contribution in [0.15, 0.2) is 24.3 Å². The third-order valence-electron chi connectivity index (χ3n) is 4.19. The maximum atomic E-state index is 3.58. The van der Waals surface area contributed by atoms with Crippen molar-refractivity contribution >= 4 is 0 Å². The molecule has 0 aliphatic rings. The van der Waals surface area contributed by atoms with Gasteiger partial charge in [0.15, 0.2) is 0 Å². The summed E-state index contributed by atoms with van der Waals surface area (Å²) in [5, 5.41) is 3.58. The van der Waals surface area contributed by atoms with Gasteiger partial charge in [0.25, 0.3) is 0 Å². The summed E-state index contributed by atoms with van der Waals surface area (Å²) in [6.07, 6.45) is 2.42. The molecule has 1 unspecified atom stereocenters. The van der Waals surface area contributed by atoms with Crippen LogP contribution >= 0.6 is 0 Å². The van der Waals surface area contributed by atoms with E-state index >= 15 is 0 Å². The molecule has 1 aromatic rings. The first-order valence-corrected chi connectivity index (χ1v) is 7.94. The zero-order valence-corrected chi connectivity index (χ0v) is 14.0. The molecule has 114 valence electrons. The summed E-state index contributed by atoms with van der Waals surface area (Å²) in [7, 11) is 2.24. The summed E-state index contributed by atoms with van der Waals surface area (Å²) in [6.45, 7) is 13.5. The Balaban J connectivity index is 2.54. The second-order valence-corrected chi connectivity index (χ2v) is 6.44. The molecule has 2 heteroatoms. The summed E-state index contributed by atoms with van der Waals surface area (Å²) < 4.78 is 0. The van der Waals surface area contributed by atoms with Crippen molar-refractivity contribution in [1.29, 1.82) is 0 Å². The van der Waals surface area contributed by atoms with E-state index in [0.29, 0.717) is 5.41 Å². The normalized spacial score (nSPS) is 14.5. The van der Waals surface area contributed by atoms with Crippen LogP contribution in [-0.4, -0.2) is 31.6 Å². The third kappa shape index (κ3) is 5.64. The number of hydrogen-bond acceptors (Lipinski definition) is 2. The van der Waals surface area contributed by atoms with Gasteiger partial charge in [-0.25, -0.2) is 0 Å². The fourth-order valence-corrected chi connectivity index (χ4v) is 2.65. The summed E-state index contributed by atoms with van der Waals surface area (Å²) in [5.41, 5.74) is 3.18. The van der Waals surface area contributed by atoms with Crippen LogP contribution in [0.4, 0.5) is 0 Å². The van der Waals surface area contributed by atoms with Crippen molar-refractivity contribution in [3.8, 4) is 0 Å². The first kappa shape index (κ1) is 17.2. The molecular formula is C18H32N2. The molecule has 0 saturated heterocycles. The van der Waals surface area contributed by atoms with Crippen molar-refractivity contribution in [2.75, 3.05) is 26.7 Å².